The van der Waals surface area contributed by atoms with Crippen molar-refractivity contribution in [1.29, 1.82) is 0 Å². The monoisotopic (exact) mass is 389 g/mol. The highest BCUT2D eigenvalue weighted by molar-refractivity contribution is 5.82. The average Bonchev–Trinajstić information content (AvgIpc) is 2.64. The van der Waals surface area contributed by atoms with E-state index in [4.69, 9.17) is 0 Å². The summed E-state index contributed by atoms with van der Waals surface area (Å²) in [6.45, 7) is 10.4. The molecule has 2 heterocycles. The summed E-state index contributed by atoms with van der Waals surface area (Å²) in [5, 5.41) is 12.7. The fourth-order valence-corrected chi connectivity index (χ4v) is 3.31. The number of carbonyl (C=O) groups excluding carboxylic acids is 2. The Labute approximate surface area is 168 Å². The van der Waals surface area contributed by atoms with Gasteiger partial charge in [0.2, 0.25) is 11.8 Å². The van der Waals surface area contributed by atoms with E-state index in [1.165, 1.54) is 0 Å². The molecule has 0 spiro atoms. The second-order valence-electron chi connectivity index (χ2n) is 8.11. The molecule has 1 aromatic heterocycles. The van der Waals surface area contributed by atoms with Crippen LogP contribution in [0.5, 0.6) is 0 Å². The van der Waals surface area contributed by atoms with Crippen molar-refractivity contribution in [2.24, 2.45) is 11.8 Å². The van der Waals surface area contributed by atoms with Crippen molar-refractivity contribution in [3.8, 4) is 0 Å². The molecule has 0 fully saturated rings. The lowest BCUT2D eigenvalue weighted by Gasteiger charge is -2.22. The van der Waals surface area contributed by atoms with Crippen molar-refractivity contribution in [2.75, 3.05) is 13.1 Å². The summed E-state index contributed by atoms with van der Waals surface area (Å²) < 4.78 is 0. The van der Waals surface area contributed by atoms with Crippen LogP contribution in [0.25, 0.3) is 0 Å². The minimum atomic E-state index is -0.260. The van der Waals surface area contributed by atoms with Crippen LogP contribution < -0.4 is 21.3 Å². The zero-order valence-electron chi connectivity index (χ0n) is 17.5. The number of aromatic nitrogens is 1. The van der Waals surface area contributed by atoms with Crippen LogP contribution in [0.3, 0.4) is 0 Å². The molecule has 0 unspecified atom stereocenters. The standard InChI is InChI=1S/C21H35N5O2/c1-14(2)18-20(27)22-10-5-6-11-23-21(28)19(15(3)4)25-13-17-9-7-8-16(26-17)12-24-18/h7-9,14-15,18-19,24-25H,5-6,10-13H2,1-4H3,(H,22,27)(H,23,28)/t18-,19-/m0/s1. The molecule has 0 radical (unpaired) electrons. The first-order valence-electron chi connectivity index (χ1n) is 10.4. The molecule has 0 saturated heterocycles. The van der Waals surface area contributed by atoms with Gasteiger partial charge in [0.05, 0.1) is 23.5 Å². The highest BCUT2D eigenvalue weighted by Crippen LogP contribution is 2.07. The molecule has 28 heavy (non-hydrogen) atoms. The second-order valence-corrected chi connectivity index (χ2v) is 8.11. The van der Waals surface area contributed by atoms with Crippen LogP contribution in [0.1, 0.15) is 51.9 Å². The maximum absolute atomic E-state index is 12.5. The molecule has 2 rings (SSSR count). The summed E-state index contributed by atoms with van der Waals surface area (Å²) in [6, 6.07) is 5.34. The van der Waals surface area contributed by atoms with Crippen molar-refractivity contribution in [3.05, 3.63) is 29.6 Å². The predicted octanol–water partition coefficient (Wildman–Crippen LogP) is 1.34. The van der Waals surface area contributed by atoms with Crippen LogP contribution in [0, 0.1) is 11.8 Å². The van der Waals surface area contributed by atoms with Gasteiger partial charge in [0.25, 0.3) is 0 Å². The van der Waals surface area contributed by atoms with Crippen molar-refractivity contribution in [1.82, 2.24) is 26.3 Å². The Balaban J connectivity index is 2.15. The summed E-state index contributed by atoms with van der Waals surface area (Å²) in [7, 11) is 0. The number of amides is 2. The van der Waals surface area contributed by atoms with Crippen LogP contribution in [0.2, 0.25) is 0 Å². The van der Waals surface area contributed by atoms with E-state index in [1.54, 1.807) is 0 Å². The van der Waals surface area contributed by atoms with E-state index < -0.39 is 0 Å². The molecule has 2 amide bonds. The van der Waals surface area contributed by atoms with Gasteiger partial charge in [-0.25, -0.2) is 0 Å². The fourth-order valence-electron chi connectivity index (χ4n) is 3.31. The topological polar surface area (TPSA) is 95.2 Å². The zero-order chi connectivity index (χ0) is 20.5. The maximum Gasteiger partial charge on any atom is 0.237 e. The number of hydrogen-bond acceptors (Lipinski definition) is 5. The van der Waals surface area contributed by atoms with E-state index in [1.807, 2.05) is 45.9 Å². The molecule has 4 N–H and O–H groups in total. The smallest absolute Gasteiger partial charge is 0.237 e. The quantitative estimate of drug-likeness (QED) is 0.612. The number of fused-ring (bicyclic) bond motifs is 2. The molecule has 1 aromatic rings. The van der Waals surface area contributed by atoms with Crippen molar-refractivity contribution in [3.63, 3.8) is 0 Å². The van der Waals surface area contributed by atoms with E-state index in [0.717, 1.165) is 24.2 Å². The Morgan fingerprint density at radius 1 is 0.821 bits per heavy atom. The normalized spacial score (nSPS) is 23.2. The molecule has 7 nitrogen and oxygen atoms in total. The van der Waals surface area contributed by atoms with Crippen molar-refractivity contribution < 1.29 is 9.59 Å². The van der Waals surface area contributed by atoms with Gasteiger partial charge >= 0.3 is 0 Å². The molecule has 2 atom stereocenters. The Bertz CT molecular complexity index is 596. The van der Waals surface area contributed by atoms with Crippen LogP contribution in [-0.4, -0.2) is 42.0 Å². The molecule has 2 bridgehead atoms. The lowest BCUT2D eigenvalue weighted by Crippen LogP contribution is -2.47. The molecule has 156 valence electrons. The largest absolute Gasteiger partial charge is 0.355 e. The molecule has 7 heteroatoms. The minimum Gasteiger partial charge on any atom is -0.355 e. The lowest BCUT2D eigenvalue weighted by atomic mass is 10.0. The SMILES string of the molecule is CC(C)[C@@H]1NCc2cccc(n2)CN[C@@H](C(C)C)C(=O)NCCCCNC1=O. The van der Waals surface area contributed by atoms with Crippen molar-refractivity contribution >= 4 is 11.8 Å². The van der Waals surface area contributed by atoms with Crippen LogP contribution in [0.15, 0.2) is 18.2 Å². The second kappa shape index (κ2) is 11.1. The van der Waals surface area contributed by atoms with E-state index in [9.17, 15) is 9.59 Å². The van der Waals surface area contributed by atoms with Gasteiger partial charge in [-0.05, 0) is 36.8 Å². The number of hydrogen-bond donors (Lipinski definition) is 4. The highest BCUT2D eigenvalue weighted by atomic mass is 16.2. The van der Waals surface area contributed by atoms with Gasteiger partial charge in [-0.1, -0.05) is 33.8 Å². The first-order chi connectivity index (χ1) is 13.4. The Morgan fingerprint density at radius 2 is 1.25 bits per heavy atom. The molecule has 0 aliphatic carbocycles. The van der Waals surface area contributed by atoms with E-state index in [2.05, 4.69) is 26.3 Å². The van der Waals surface area contributed by atoms with Gasteiger partial charge < -0.3 is 10.6 Å². The van der Waals surface area contributed by atoms with Gasteiger partial charge in [0.15, 0.2) is 0 Å². The number of rotatable bonds is 2. The van der Waals surface area contributed by atoms with E-state index in [0.29, 0.717) is 26.2 Å². The van der Waals surface area contributed by atoms with Gasteiger partial charge in [0.1, 0.15) is 0 Å². The zero-order valence-corrected chi connectivity index (χ0v) is 17.5. The maximum atomic E-state index is 12.5. The van der Waals surface area contributed by atoms with E-state index in [-0.39, 0.29) is 35.7 Å². The Morgan fingerprint density at radius 3 is 1.64 bits per heavy atom. The molecule has 1 aliphatic heterocycles. The number of carbonyl (C=O) groups is 2. The van der Waals surface area contributed by atoms with E-state index >= 15 is 0 Å². The van der Waals surface area contributed by atoms with Crippen molar-refractivity contribution in [2.45, 2.75) is 65.7 Å². The van der Waals surface area contributed by atoms with Gasteiger partial charge in [-0.3, -0.25) is 25.2 Å². The highest BCUT2D eigenvalue weighted by Gasteiger charge is 2.23. The number of nitrogens with one attached hydrogen (secondary N) is 4. The molecular formula is C21H35N5O2. The molecular weight excluding hydrogens is 354 g/mol. The number of pyridine rings is 1. The fraction of sp³-hybridized carbons (Fsp3) is 0.667. The predicted molar refractivity (Wildman–Crippen MR) is 110 cm³/mol. The summed E-state index contributed by atoms with van der Waals surface area (Å²) in [5.41, 5.74) is 1.76. The third-order valence-electron chi connectivity index (χ3n) is 4.97. The third-order valence-corrected chi connectivity index (χ3v) is 4.97. The molecule has 1 aliphatic rings. The van der Waals surface area contributed by atoms with Gasteiger partial charge in [0, 0.05) is 26.2 Å². The summed E-state index contributed by atoms with van der Waals surface area (Å²) in [4.78, 5) is 29.7. The third kappa shape index (κ3) is 6.87. The Kier molecular flexibility index (Phi) is 8.86. The van der Waals surface area contributed by atoms with Gasteiger partial charge in [-0.2, -0.15) is 0 Å². The Hall–Kier alpha value is -1.99. The summed E-state index contributed by atoms with van der Waals surface area (Å²) >= 11 is 0. The van der Waals surface area contributed by atoms with Crippen LogP contribution in [-0.2, 0) is 22.7 Å². The lowest BCUT2D eigenvalue weighted by molar-refractivity contribution is -0.125. The summed E-state index contributed by atoms with van der Waals surface area (Å²) in [5.74, 6) is 0.387. The van der Waals surface area contributed by atoms with Crippen LogP contribution in [0.4, 0.5) is 0 Å². The first kappa shape index (κ1) is 22.3. The molecule has 0 saturated carbocycles. The molecule has 0 aromatic carbocycles. The van der Waals surface area contributed by atoms with Gasteiger partial charge in [-0.15, -0.1) is 0 Å². The number of nitrogens with zero attached hydrogens (tertiary/aromatic N) is 1. The minimum absolute atomic E-state index is 0.0149. The van der Waals surface area contributed by atoms with Crippen LogP contribution >= 0.6 is 0 Å². The first-order valence-corrected chi connectivity index (χ1v) is 10.4. The summed E-state index contributed by atoms with van der Waals surface area (Å²) in [6.07, 6.45) is 1.66. The average molecular weight is 390 g/mol.